The fourth-order valence-electron chi connectivity index (χ4n) is 3.22. The number of anilines is 1. The van der Waals surface area contributed by atoms with Crippen LogP contribution in [0.2, 0.25) is 0 Å². The van der Waals surface area contributed by atoms with Crippen LogP contribution in [0.25, 0.3) is 0 Å². The van der Waals surface area contributed by atoms with E-state index < -0.39 is 0 Å². The molecule has 0 atom stereocenters. The molecular weight excluding hydrogens is 370 g/mol. The van der Waals surface area contributed by atoms with E-state index >= 15 is 0 Å². The standard InChI is InChI=1S/C22H25N3O4/c1-14(2)13-25-20(26)18-8-7-16(12-19(18)21(25)27)24-22(28)23-10-9-15-5-4-6-17(11-15)29-3/h4-8,11-12,14H,9-10,13H2,1-3H3,(H2,23,24,28). The minimum Gasteiger partial charge on any atom is -0.497 e. The van der Waals surface area contributed by atoms with Gasteiger partial charge in [-0.05, 0) is 48.2 Å². The van der Waals surface area contributed by atoms with E-state index in [4.69, 9.17) is 4.74 Å². The van der Waals surface area contributed by atoms with Crippen molar-refractivity contribution in [2.24, 2.45) is 5.92 Å². The molecule has 4 amide bonds. The molecule has 0 saturated carbocycles. The van der Waals surface area contributed by atoms with Crippen LogP contribution in [0.1, 0.15) is 40.1 Å². The molecule has 0 saturated heterocycles. The summed E-state index contributed by atoms with van der Waals surface area (Å²) in [6.07, 6.45) is 0.659. The molecule has 1 aliphatic heterocycles. The van der Waals surface area contributed by atoms with Gasteiger partial charge in [0.2, 0.25) is 0 Å². The Kier molecular flexibility index (Phi) is 6.16. The number of fused-ring (bicyclic) bond motifs is 1. The van der Waals surface area contributed by atoms with E-state index in [1.807, 2.05) is 38.1 Å². The number of carbonyl (C=O) groups excluding carboxylic acids is 3. The molecule has 3 rings (SSSR count). The second-order valence-electron chi connectivity index (χ2n) is 7.36. The Balaban J connectivity index is 1.57. The molecule has 1 aliphatic rings. The van der Waals surface area contributed by atoms with E-state index in [1.54, 1.807) is 25.3 Å². The summed E-state index contributed by atoms with van der Waals surface area (Å²) < 4.78 is 5.19. The summed E-state index contributed by atoms with van der Waals surface area (Å²) in [7, 11) is 1.61. The molecular formula is C22H25N3O4. The Labute approximate surface area is 170 Å². The molecule has 2 aromatic carbocycles. The van der Waals surface area contributed by atoms with Gasteiger partial charge in [-0.25, -0.2) is 4.79 Å². The zero-order valence-corrected chi connectivity index (χ0v) is 16.8. The number of hydrogen-bond acceptors (Lipinski definition) is 4. The number of nitrogens with one attached hydrogen (secondary N) is 2. The van der Waals surface area contributed by atoms with Crippen LogP contribution in [0, 0.1) is 5.92 Å². The number of benzene rings is 2. The van der Waals surface area contributed by atoms with E-state index in [9.17, 15) is 14.4 Å². The van der Waals surface area contributed by atoms with Gasteiger partial charge in [-0.3, -0.25) is 14.5 Å². The van der Waals surface area contributed by atoms with E-state index in [0.29, 0.717) is 36.3 Å². The van der Waals surface area contributed by atoms with Gasteiger partial charge in [-0.2, -0.15) is 0 Å². The summed E-state index contributed by atoms with van der Waals surface area (Å²) in [6, 6.07) is 12.1. The van der Waals surface area contributed by atoms with Crippen molar-refractivity contribution in [3.8, 4) is 5.75 Å². The number of imide groups is 1. The molecule has 0 unspecified atom stereocenters. The van der Waals surface area contributed by atoms with Gasteiger partial charge in [0.25, 0.3) is 11.8 Å². The number of amides is 4. The number of hydrogen-bond donors (Lipinski definition) is 2. The van der Waals surface area contributed by atoms with Crippen molar-refractivity contribution in [3.63, 3.8) is 0 Å². The van der Waals surface area contributed by atoms with Crippen molar-refractivity contribution in [2.75, 3.05) is 25.5 Å². The predicted octanol–water partition coefficient (Wildman–Crippen LogP) is 3.31. The monoisotopic (exact) mass is 395 g/mol. The molecule has 7 nitrogen and oxygen atoms in total. The topological polar surface area (TPSA) is 87.7 Å². The lowest BCUT2D eigenvalue weighted by atomic mass is 10.1. The maximum absolute atomic E-state index is 12.5. The van der Waals surface area contributed by atoms with Crippen LogP contribution >= 0.6 is 0 Å². The molecule has 0 spiro atoms. The molecule has 29 heavy (non-hydrogen) atoms. The van der Waals surface area contributed by atoms with Crippen LogP contribution in [0.15, 0.2) is 42.5 Å². The third-order valence-electron chi connectivity index (χ3n) is 4.61. The number of nitrogens with zero attached hydrogens (tertiary/aromatic N) is 1. The average Bonchev–Trinajstić information content (AvgIpc) is 2.92. The predicted molar refractivity (Wildman–Crippen MR) is 110 cm³/mol. The first-order valence-electron chi connectivity index (χ1n) is 9.57. The lowest BCUT2D eigenvalue weighted by molar-refractivity contribution is 0.0636. The molecule has 7 heteroatoms. The van der Waals surface area contributed by atoms with Crippen molar-refractivity contribution in [2.45, 2.75) is 20.3 Å². The molecule has 0 aromatic heterocycles. The number of methoxy groups -OCH3 is 1. The maximum Gasteiger partial charge on any atom is 0.319 e. The third-order valence-corrected chi connectivity index (χ3v) is 4.61. The van der Waals surface area contributed by atoms with Gasteiger partial charge >= 0.3 is 6.03 Å². The third kappa shape index (κ3) is 4.74. The Morgan fingerprint density at radius 1 is 1.07 bits per heavy atom. The molecule has 152 valence electrons. The molecule has 2 N–H and O–H groups in total. The maximum atomic E-state index is 12.5. The van der Waals surface area contributed by atoms with E-state index in [0.717, 1.165) is 11.3 Å². The van der Waals surface area contributed by atoms with Crippen molar-refractivity contribution >= 4 is 23.5 Å². The van der Waals surface area contributed by atoms with E-state index in [-0.39, 0.29) is 23.8 Å². The highest BCUT2D eigenvalue weighted by atomic mass is 16.5. The molecule has 2 aromatic rings. The average molecular weight is 395 g/mol. The second-order valence-corrected chi connectivity index (χ2v) is 7.36. The molecule has 0 fully saturated rings. The van der Waals surface area contributed by atoms with Crippen LogP contribution in [0.4, 0.5) is 10.5 Å². The number of rotatable bonds is 7. The Bertz CT molecular complexity index is 939. The zero-order chi connectivity index (χ0) is 21.0. The van der Waals surface area contributed by atoms with Gasteiger partial charge < -0.3 is 15.4 Å². The highest BCUT2D eigenvalue weighted by Crippen LogP contribution is 2.26. The Morgan fingerprint density at radius 2 is 1.83 bits per heavy atom. The highest BCUT2D eigenvalue weighted by molar-refractivity contribution is 6.21. The minimum atomic E-state index is -0.372. The van der Waals surface area contributed by atoms with Gasteiger partial charge in [-0.15, -0.1) is 0 Å². The lowest BCUT2D eigenvalue weighted by Gasteiger charge is -2.15. The molecule has 0 bridgehead atoms. The minimum absolute atomic E-state index is 0.185. The van der Waals surface area contributed by atoms with Gasteiger partial charge in [0, 0.05) is 18.8 Å². The van der Waals surface area contributed by atoms with Crippen molar-refractivity contribution in [1.82, 2.24) is 10.2 Å². The summed E-state index contributed by atoms with van der Waals surface area (Å²) >= 11 is 0. The fraction of sp³-hybridized carbons (Fsp3) is 0.318. The van der Waals surface area contributed by atoms with E-state index in [1.165, 1.54) is 4.90 Å². The summed E-state index contributed by atoms with van der Waals surface area (Å²) in [6.45, 7) is 4.72. The fourth-order valence-corrected chi connectivity index (χ4v) is 3.22. The van der Waals surface area contributed by atoms with E-state index in [2.05, 4.69) is 10.6 Å². The van der Waals surface area contributed by atoms with Gasteiger partial charge in [-0.1, -0.05) is 26.0 Å². The van der Waals surface area contributed by atoms with Gasteiger partial charge in [0.15, 0.2) is 0 Å². The van der Waals surface area contributed by atoms with Crippen LogP contribution in [0.5, 0.6) is 5.75 Å². The first-order valence-corrected chi connectivity index (χ1v) is 9.57. The molecule has 1 heterocycles. The number of ether oxygens (including phenoxy) is 1. The number of carbonyl (C=O) groups is 3. The van der Waals surface area contributed by atoms with Gasteiger partial charge in [0.05, 0.1) is 18.2 Å². The lowest BCUT2D eigenvalue weighted by Crippen LogP contribution is -2.33. The van der Waals surface area contributed by atoms with Crippen LogP contribution in [-0.2, 0) is 6.42 Å². The van der Waals surface area contributed by atoms with Crippen molar-refractivity contribution < 1.29 is 19.1 Å². The first kappa shape index (κ1) is 20.4. The SMILES string of the molecule is COc1cccc(CCNC(=O)Nc2ccc3c(c2)C(=O)N(CC(C)C)C3=O)c1. The van der Waals surface area contributed by atoms with Crippen molar-refractivity contribution in [3.05, 3.63) is 59.2 Å². The highest BCUT2D eigenvalue weighted by Gasteiger charge is 2.35. The first-order chi connectivity index (χ1) is 13.9. The zero-order valence-electron chi connectivity index (χ0n) is 16.8. The largest absolute Gasteiger partial charge is 0.497 e. The normalized spacial score (nSPS) is 12.9. The Morgan fingerprint density at radius 3 is 2.55 bits per heavy atom. The van der Waals surface area contributed by atoms with Crippen LogP contribution < -0.4 is 15.4 Å². The molecule has 0 radical (unpaired) electrons. The van der Waals surface area contributed by atoms with Crippen LogP contribution in [-0.4, -0.2) is 42.9 Å². The number of urea groups is 1. The van der Waals surface area contributed by atoms with Crippen molar-refractivity contribution in [1.29, 1.82) is 0 Å². The Hall–Kier alpha value is -3.35. The second kappa shape index (κ2) is 8.77. The summed E-state index contributed by atoms with van der Waals surface area (Å²) in [5.41, 5.74) is 2.22. The smallest absolute Gasteiger partial charge is 0.319 e. The summed E-state index contributed by atoms with van der Waals surface area (Å²) in [5, 5.41) is 5.50. The summed E-state index contributed by atoms with van der Waals surface area (Å²) in [5.74, 6) is 0.356. The molecule has 0 aliphatic carbocycles. The van der Waals surface area contributed by atoms with Gasteiger partial charge in [0.1, 0.15) is 5.75 Å². The quantitative estimate of drug-likeness (QED) is 0.704. The summed E-state index contributed by atoms with van der Waals surface area (Å²) in [4.78, 5) is 38.4. The van der Waals surface area contributed by atoms with Crippen LogP contribution in [0.3, 0.4) is 0 Å².